The van der Waals surface area contributed by atoms with Crippen molar-refractivity contribution in [3.63, 3.8) is 0 Å². The minimum absolute atomic E-state index is 0.182. The average Bonchev–Trinajstić information content (AvgIpc) is 2.32. The van der Waals surface area contributed by atoms with Crippen LogP contribution in [0, 0.1) is 0 Å². The maximum atomic E-state index is 11.8. The van der Waals surface area contributed by atoms with Crippen molar-refractivity contribution in [2.24, 2.45) is 0 Å². The Balaban J connectivity index is 2.31. The number of amides is 1. The van der Waals surface area contributed by atoms with Gasteiger partial charge >= 0.3 is 5.69 Å². The van der Waals surface area contributed by atoms with Crippen LogP contribution in [0.2, 0.25) is 0 Å². The van der Waals surface area contributed by atoms with Crippen molar-refractivity contribution >= 4 is 27.5 Å². The number of aromatic amines is 2. The maximum absolute atomic E-state index is 11.8. The zero-order chi connectivity index (χ0) is 13.1. The molecule has 3 N–H and O–H groups in total. The van der Waals surface area contributed by atoms with E-state index >= 15 is 0 Å². The van der Waals surface area contributed by atoms with Crippen LogP contribution in [-0.4, -0.2) is 20.9 Å². The molecule has 0 aliphatic carbocycles. The number of aromatic nitrogens is 3. The van der Waals surface area contributed by atoms with Crippen molar-refractivity contribution in [3.05, 3.63) is 55.5 Å². The van der Waals surface area contributed by atoms with Gasteiger partial charge in [-0.3, -0.25) is 19.6 Å². The molecule has 0 saturated heterocycles. The Morgan fingerprint density at radius 1 is 1.39 bits per heavy atom. The molecule has 0 unspecified atom stereocenters. The first-order chi connectivity index (χ1) is 8.58. The van der Waals surface area contributed by atoms with Crippen molar-refractivity contribution in [1.29, 1.82) is 0 Å². The summed E-state index contributed by atoms with van der Waals surface area (Å²) >= 11 is 3.21. The van der Waals surface area contributed by atoms with E-state index in [-0.39, 0.29) is 5.56 Å². The van der Waals surface area contributed by atoms with Crippen LogP contribution in [0.3, 0.4) is 0 Å². The van der Waals surface area contributed by atoms with Crippen LogP contribution in [0.5, 0.6) is 0 Å². The zero-order valence-corrected chi connectivity index (χ0v) is 10.4. The number of nitrogens with one attached hydrogen (secondary N) is 3. The van der Waals surface area contributed by atoms with Crippen molar-refractivity contribution in [2.45, 2.75) is 0 Å². The van der Waals surface area contributed by atoms with Crippen LogP contribution in [0.25, 0.3) is 0 Å². The lowest BCUT2D eigenvalue weighted by Crippen LogP contribution is -2.29. The third-order valence-electron chi connectivity index (χ3n) is 2.08. The fourth-order valence-corrected chi connectivity index (χ4v) is 1.59. The molecule has 0 aliphatic rings. The number of anilines is 1. The normalized spacial score (nSPS) is 10.1. The highest BCUT2D eigenvalue weighted by atomic mass is 79.9. The van der Waals surface area contributed by atoms with Crippen molar-refractivity contribution in [1.82, 2.24) is 15.0 Å². The van der Waals surface area contributed by atoms with Gasteiger partial charge in [-0.15, -0.1) is 0 Å². The van der Waals surface area contributed by atoms with Gasteiger partial charge in [0.2, 0.25) is 0 Å². The second-order valence-corrected chi connectivity index (χ2v) is 4.15. The molecule has 92 valence electrons. The number of nitrogens with zero attached hydrogens (tertiary/aromatic N) is 1. The van der Waals surface area contributed by atoms with E-state index in [2.05, 4.69) is 31.2 Å². The number of halogens is 1. The molecule has 0 saturated carbocycles. The third kappa shape index (κ3) is 2.54. The van der Waals surface area contributed by atoms with Crippen molar-refractivity contribution in [3.8, 4) is 0 Å². The third-order valence-corrected chi connectivity index (χ3v) is 2.72. The summed E-state index contributed by atoms with van der Waals surface area (Å²) in [5, 5.41) is 2.52. The van der Waals surface area contributed by atoms with Gasteiger partial charge in [0.25, 0.3) is 11.5 Å². The summed E-state index contributed by atoms with van der Waals surface area (Å²) in [6.45, 7) is 0. The number of carbonyl (C=O) groups excluding carboxylic acids is 1. The topological polar surface area (TPSA) is 108 Å². The van der Waals surface area contributed by atoms with Gasteiger partial charge in [-0.2, -0.15) is 0 Å². The Hall–Kier alpha value is -2.22. The Bertz CT molecular complexity index is 707. The van der Waals surface area contributed by atoms with Gasteiger partial charge in [0.05, 0.1) is 10.2 Å². The molecular weight excluding hydrogens is 304 g/mol. The molecule has 0 aromatic carbocycles. The fourth-order valence-electron chi connectivity index (χ4n) is 1.24. The SMILES string of the molecule is O=C(Nc1ccncc1Br)c1c[nH]c(=O)[nH]c1=O. The first kappa shape index (κ1) is 12.2. The molecule has 0 spiro atoms. The Morgan fingerprint density at radius 2 is 2.17 bits per heavy atom. The largest absolute Gasteiger partial charge is 0.325 e. The molecule has 0 aliphatic heterocycles. The van der Waals surface area contributed by atoms with Crippen molar-refractivity contribution < 1.29 is 4.79 Å². The fraction of sp³-hybridized carbons (Fsp3) is 0. The summed E-state index contributed by atoms with van der Waals surface area (Å²) in [6, 6.07) is 1.57. The molecule has 7 nitrogen and oxygen atoms in total. The lowest BCUT2D eigenvalue weighted by Gasteiger charge is -2.05. The average molecular weight is 311 g/mol. The predicted octanol–water partition coefficient (Wildman–Crippen LogP) is 0.473. The van der Waals surface area contributed by atoms with Crippen LogP contribution in [0.1, 0.15) is 10.4 Å². The Labute approximate surface area is 108 Å². The van der Waals surface area contributed by atoms with Gasteiger partial charge in [0.15, 0.2) is 0 Å². The van der Waals surface area contributed by atoms with E-state index in [0.717, 1.165) is 6.20 Å². The summed E-state index contributed by atoms with van der Waals surface area (Å²) < 4.78 is 0.583. The quantitative estimate of drug-likeness (QED) is 0.749. The standard InChI is InChI=1S/C10H7BrN4O3/c11-6-4-12-2-1-7(6)14-8(16)5-3-13-10(18)15-9(5)17/h1-4H,(H,12,14,16)(H2,13,15,17,18). The molecule has 0 fully saturated rings. The zero-order valence-electron chi connectivity index (χ0n) is 8.86. The minimum Gasteiger partial charge on any atom is -0.321 e. The van der Waals surface area contributed by atoms with Crippen LogP contribution in [0.4, 0.5) is 5.69 Å². The van der Waals surface area contributed by atoms with Gasteiger partial charge in [-0.05, 0) is 22.0 Å². The first-order valence-electron chi connectivity index (χ1n) is 4.81. The maximum Gasteiger partial charge on any atom is 0.325 e. The highest BCUT2D eigenvalue weighted by Gasteiger charge is 2.12. The molecule has 8 heteroatoms. The van der Waals surface area contributed by atoms with E-state index in [1.807, 2.05) is 4.98 Å². The monoisotopic (exact) mass is 310 g/mol. The highest BCUT2D eigenvalue weighted by Crippen LogP contribution is 2.20. The molecule has 0 bridgehead atoms. The number of rotatable bonds is 2. The number of H-pyrrole nitrogens is 2. The van der Waals surface area contributed by atoms with Gasteiger partial charge < -0.3 is 10.3 Å². The van der Waals surface area contributed by atoms with Gasteiger partial charge in [0, 0.05) is 18.6 Å². The summed E-state index contributed by atoms with van der Waals surface area (Å²) in [4.78, 5) is 42.1. The van der Waals surface area contributed by atoms with Gasteiger partial charge in [-0.1, -0.05) is 0 Å². The van der Waals surface area contributed by atoms with Crippen LogP contribution < -0.4 is 16.6 Å². The van der Waals surface area contributed by atoms with Crippen LogP contribution in [-0.2, 0) is 0 Å². The number of carbonyl (C=O) groups is 1. The predicted molar refractivity (Wildman–Crippen MR) is 67.6 cm³/mol. The van der Waals surface area contributed by atoms with Crippen molar-refractivity contribution in [2.75, 3.05) is 5.32 Å². The van der Waals surface area contributed by atoms with E-state index in [4.69, 9.17) is 0 Å². The Kier molecular flexibility index (Phi) is 3.38. The molecule has 0 radical (unpaired) electrons. The van der Waals surface area contributed by atoms with E-state index < -0.39 is 17.2 Å². The molecule has 2 rings (SSSR count). The summed E-state index contributed by atoms with van der Waals surface area (Å²) in [5.41, 5.74) is -1.12. The molecule has 2 aromatic rings. The highest BCUT2D eigenvalue weighted by molar-refractivity contribution is 9.10. The summed E-state index contributed by atoms with van der Waals surface area (Å²) in [6.07, 6.45) is 4.07. The molecule has 0 atom stereocenters. The number of hydrogen-bond donors (Lipinski definition) is 3. The lowest BCUT2D eigenvalue weighted by molar-refractivity contribution is 0.102. The second-order valence-electron chi connectivity index (χ2n) is 3.30. The lowest BCUT2D eigenvalue weighted by atomic mass is 10.3. The molecular formula is C10H7BrN4O3. The number of hydrogen-bond acceptors (Lipinski definition) is 4. The van der Waals surface area contributed by atoms with Gasteiger partial charge in [-0.25, -0.2) is 4.79 Å². The first-order valence-corrected chi connectivity index (χ1v) is 5.60. The van der Waals surface area contributed by atoms with Crippen LogP contribution in [0.15, 0.2) is 38.7 Å². The smallest absolute Gasteiger partial charge is 0.321 e. The van der Waals surface area contributed by atoms with E-state index in [0.29, 0.717) is 10.2 Å². The van der Waals surface area contributed by atoms with E-state index in [9.17, 15) is 14.4 Å². The molecule has 2 aromatic heterocycles. The Morgan fingerprint density at radius 3 is 2.83 bits per heavy atom. The minimum atomic E-state index is -0.749. The summed E-state index contributed by atoms with van der Waals surface area (Å²) in [5.74, 6) is -0.626. The second kappa shape index (κ2) is 4.96. The summed E-state index contributed by atoms with van der Waals surface area (Å²) in [7, 11) is 0. The van der Waals surface area contributed by atoms with Gasteiger partial charge in [0.1, 0.15) is 5.56 Å². The van der Waals surface area contributed by atoms with E-state index in [1.165, 1.54) is 12.4 Å². The molecule has 18 heavy (non-hydrogen) atoms. The number of pyridine rings is 1. The molecule has 1 amide bonds. The van der Waals surface area contributed by atoms with Crippen LogP contribution >= 0.6 is 15.9 Å². The van der Waals surface area contributed by atoms with E-state index in [1.54, 1.807) is 6.07 Å². The molecule has 2 heterocycles.